The fourth-order valence-corrected chi connectivity index (χ4v) is 3.31. The Hall–Kier alpha value is -0.910. The highest BCUT2D eigenvalue weighted by Gasteiger charge is 2.15. The van der Waals surface area contributed by atoms with Gasteiger partial charge in [0.15, 0.2) is 0 Å². The van der Waals surface area contributed by atoms with Crippen molar-refractivity contribution in [3.63, 3.8) is 0 Å². The summed E-state index contributed by atoms with van der Waals surface area (Å²) < 4.78 is 5.13. The maximum Gasteiger partial charge on any atom is 0.234 e. The number of rotatable bonds is 5. The Bertz CT molecular complexity index is 464. The summed E-state index contributed by atoms with van der Waals surface area (Å²) in [5.74, 6) is 1.06. The van der Waals surface area contributed by atoms with Crippen molar-refractivity contribution >= 4 is 35.0 Å². The number of carbonyl (C=O) groups is 1. The van der Waals surface area contributed by atoms with Crippen LogP contribution >= 0.6 is 23.4 Å². The van der Waals surface area contributed by atoms with E-state index in [0.717, 1.165) is 25.9 Å². The van der Waals surface area contributed by atoms with Gasteiger partial charge in [-0.05, 0) is 38.1 Å². The zero-order valence-electron chi connectivity index (χ0n) is 11.4. The normalized spacial score (nSPS) is 15.9. The van der Waals surface area contributed by atoms with Gasteiger partial charge in [0.05, 0.1) is 17.9 Å². The zero-order valence-corrected chi connectivity index (χ0v) is 13.0. The van der Waals surface area contributed by atoms with E-state index in [1.165, 1.54) is 0 Å². The minimum absolute atomic E-state index is 0.0120. The number of piperidine rings is 1. The molecule has 0 spiro atoms. The lowest BCUT2D eigenvalue weighted by Crippen LogP contribution is -2.30. The van der Waals surface area contributed by atoms with Gasteiger partial charge in [0.2, 0.25) is 5.91 Å². The van der Waals surface area contributed by atoms with E-state index in [4.69, 9.17) is 16.3 Å². The van der Waals surface area contributed by atoms with Crippen LogP contribution in [-0.2, 0) is 4.79 Å². The Morgan fingerprint density at radius 2 is 2.25 bits per heavy atom. The van der Waals surface area contributed by atoms with E-state index in [-0.39, 0.29) is 5.91 Å². The minimum atomic E-state index is 0.0120. The topological polar surface area (TPSA) is 50.4 Å². The van der Waals surface area contributed by atoms with Gasteiger partial charge >= 0.3 is 0 Å². The second-order valence-corrected chi connectivity index (χ2v) is 6.35. The Labute approximate surface area is 128 Å². The Morgan fingerprint density at radius 3 is 2.95 bits per heavy atom. The molecule has 2 rings (SSSR count). The predicted octanol–water partition coefficient (Wildman–Crippen LogP) is 2.77. The van der Waals surface area contributed by atoms with Crippen LogP contribution in [0, 0.1) is 0 Å². The molecule has 1 aromatic rings. The average Bonchev–Trinajstić information content (AvgIpc) is 2.48. The number of hydrogen-bond donors (Lipinski definition) is 2. The molecule has 1 aromatic carbocycles. The van der Waals surface area contributed by atoms with Crippen LogP contribution in [0.3, 0.4) is 0 Å². The van der Waals surface area contributed by atoms with Gasteiger partial charge in [0, 0.05) is 17.0 Å². The van der Waals surface area contributed by atoms with E-state index in [1.54, 1.807) is 37.1 Å². The number of hydrogen-bond acceptors (Lipinski definition) is 4. The molecule has 110 valence electrons. The van der Waals surface area contributed by atoms with Crippen molar-refractivity contribution in [3.8, 4) is 5.75 Å². The molecular formula is C14H19ClN2O2S. The molecule has 6 heteroatoms. The molecule has 0 aliphatic carbocycles. The van der Waals surface area contributed by atoms with Crippen LogP contribution in [0.1, 0.15) is 12.8 Å². The number of anilines is 1. The monoisotopic (exact) mass is 314 g/mol. The lowest BCUT2D eigenvalue weighted by atomic mass is 10.2. The van der Waals surface area contributed by atoms with Gasteiger partial charge < -0.3 is 15.4 Å². The summed E-state index contributed by atoms with van der Waals surface area (Å²) in [4.78, 5) is 11.9. The number of ether oxygens (including phenoxy) is 1. The number of carbonyl (C=O) groups excluding carboxylic acids is 1. The van der Waals surface area contributed by atoms with Gasteiger partial charge in [-0.3, -0.25) is 4.79 Å². The first-order chi connectivity index (χ1) is 9.69. The first-order valence-corrected chi connectivity index (χ1v) is 8.07. The molecule has 1 heterocycles. The Balaban J connectivity index is 1.81. The van der Waals surface area contributed by atoms with Gasteiger partial charge in [0.25, 0.3) is 0 Å². The average molecular weight is 315 g/mol. The standard InChI is InChI=1S/C14H19ClN2O2S/c1-19-13-8-10(2-3-12(13)15)17-14(18)9-20-11-4-6-16-7-5-11/h2-3,8,11,16H,4-7,9H2,1H3,(H,17,18). The number of thioether (sulfide) groups is 1. The number of methoxy groups -OCH3 is 1. The second kappa shape index (κ2) is 7.76. The van der Waals surface area contributed by atoms with Crippen molar-refractivity contribution < 1.29 is 9.53 Å². The summed E-state index contributed by atoms with van der Waals surface area (Å²) >= 11 is 7.68. The molecule has 1 amide bonds. The Morgan fingerprint density at radius 1 is 1.50 bits per heavy atom. The van der Waals surface area contributed by atoms with Crippen molar-refractivity contribution in [1.29, 1.82) is 0 Å². The third kappa shape index (κ3) is 4.58. The highest BCUT2D eigenvalue weighted by atomic mass is 35.5. The van der Waals surface area contributed by atoms with Gasteiger partial charge in [-0.2, -0.15) is 0 Å². The summed E-state index contributed by atoms with van der Waals surface area (Å²) in [5, 5.41) is 7.31. The minimum Gasteiger partial charge on any atom is -0.495 e. The molecule has 4 nitrogen and oxygen atoms in total. The van der Waals surface area contributed by atoms with E-state index < -0.39 is 0 Å². The van der Waals surface area contributed by atoms with Crippen LogP contribution in [0.2, 0.25) is 5.02 Å². The maximum absolute atomic E-state index is 11.9. The van der Waals surface area contributed by atoms with E-state index in [2.05, 4.69) is 10.6 Å². The maximum atomic E-state index is 11.9. The van der Waals surface area contributed by atoms with Crippen LogP contribution in [0.4, 0.5) is 5.69 Å². The fourth-order valence-electron chi connectivity index (χ4n) is 2.09. The first kappa shape index (κ1) is 15.5. The molecule has 1 aliphatic heterocycles. The van der Waals surface area contributed by atoms with Gasteiger partial charge in [0.1, 0.15) is 5.75 Å². The number of benzene rings is 1. The second-order valence-electron chi connectivity index (χ2n) is 4.66. The van der Waals surface area contributed by atoms with Crippen molar-refractivity contribution in [1.82, 2.24) is 5.32 Å². The number of amides is 1. The Kier molecular flexibility index (Phi) is 6.01. The van der Waals surface area contributed by atoms with Crippen molar-refractivity contribution in [2.45, 2.75) is 18.1 Å². The lowest BCUT2D eigenvalue weighted by Gasteiger charge is -2.21. The summed E-state index contributed by atoms with van der Waals surface area (Å²) in [7, 11) is 1.56. The molecule has 20 heavy (non-hydrogen) atoms. The van der Waals surface area contributed by atoms with Crippen LogP contribution in [0.25, 0.3) is 0 Å². The third-order valence-electron chi connectivity index (χ3n) is 3.17. The zero-order chi connectivity index (χ0) is 14.4. The lowest BCUT2D eigenvalue weighted by molar-refractivity contribution is -0.113. The third-order valence-corrected chi connectivity index (χ3v) is 4.86. The molecule has 2 N–H and O–H groups in total. The van der Waals surface area contributed by atoms with Crippen molar-refractivity contribution in [2.24, 2.45) is 0 Å². The molecule has 0 unspecified atom stereocenters. The van der Waals surface area contributed by atoms with E-state index in [1.807, 2.05) is 0 Å². The smallest absolute Gasteiger partial charge is 0.234 e. The molecule has 0 saturated carbocycles. The molecule has 1 fully saturated rings. The molecule has 1 aliphatic rings. The van der Waals surface area contributed by atoms with E-state index >= 15 is 0 Å². The highest BCUT2D eigenvalue weighted by Crippen LogP contribution is 2.27. The summed E-state index contributed by atoms with van der Waals surface area (Å²) in [6.45, 7) is 2.10. The SMILES string of the molecule is COc1cc(NC(=O)CSC2CCNCC2)ccc1Cl. The summed E-state index contributed by atoms with van der Waals surface area (Å²) in [6, 6.07) is 5.23. The summed E-state index contributed by atoms with van der Waals surface area (Å²) in [5.41, 5.74) is 0.710. The van der Waals surface area contributed by atoms with Crippen molar-refractivity contribution in [3.05, 3.63) is 23.2 Å². The van der Waals surface area contributed by atoms with Gasteiger partial charge in [-0.15, -0.1) is 11.8 Å². The van der Waals surface area contributed by atoms with Crippen LogP contribution in [0.15, 0.2) is 18.2 Å². The van der Waals surface area contributed by atoms with Gasteiger partial charge in [-0.1, -0.05) is 11.6 Å². The van der Waals surface area contributed by atoms with Crippen LogP contribution in [0.5, 0.6) is 5.75 Å². The van der Waals surface area contributed by atoms with Crippen LogP contribution in [-0.4, -0.2) is 37.1 Å². The summed E-state index contributed by atoms with van der Waals surface area (Å²) in [6.07, 6.45) is 2.26. The molecule has 0 aromatic heterocycles. The van der Waals surface area contributed by atoms with E-state index in [0.29, 0.717) is 27.5 Å². The van der Waals surface area contributed by atoms with Crippen molar-refractivity contribution in [2.75, 3.05) is 31.3 Å². The molecule has 0 radical (unpaired) electrons. The van der Waals surface area contributed by atoms with Crippen LogP contribution < -0.4 is 15.4 Å². The van der Waals surface area contributed by atoms with Gasteiger partial charge in [-0.25, -0.2) is 0 Å². The largest absolute Gasteiger partial charge is 0.495 e. The first-order valence-electron chi connectivity index (χ1n) is 6.65. The molecule has 0 bridgehead atoms. The van der Waals surface area contributed by atoms with E-state index in [9.17, 15) is 4.79 Å². The molecule has 0 atom stereocenters. The number of nitrogens with one attached hydrogen (secondary N) is 2. The molecular weight excluding hydrogens is 296 g/mol. The number of halogens is 1. The highest BCUT2D eigenvalue weighted by molar-refractivity contribution is 8.00. The quantitative estimate of drug-likeness (QED) is 0.877. The fraction of sp³-hybridized carbons (Fsp3) is 0.500. The molecule has 1 saturated heterocycles. The predicted molar refractivity (Wildman–Crippen MR) is 85.0 cm³/mol.